The number of aromatic carboxylic acids is 1. The van der Waals surface area contributed by atoms with Gasteiger partial charge in [-0.2, -0.15) is 0 Å². The fourth-order valence-electron chi connectivity index (χ4n) is 2.88. The van der Waals surface area contributed by atoms with Crippen LogP contribution in [0, 0.1) is 11.3 Å². The summed E-state index contributed by atoms with van der Waals surface area (Å²) in [7, 11) is 0. The Labute approximate surface area is 125 Å². The highest BCUT2D eigenvalue weighted by atomic mass is 32.1. The highest BCUT2D eigenvalue weighted by molar-refractivity contribution is 7.13. The Morgan fingerprint density at radius 2 is 2.00 bits per heavy atom. The van der Waals surface area contributed by atoms with Crippen molar-refractivity contribution in [1.82, 2.24) is 4.98 Å². The van der Waals surface area contributed by atoms with E-state index >= 15 is 0 Å². The summed E-state index contributed by atoms with van der Waals surface area (Å²) in [5.41, 5.74) is 1.22. The second kappa shape index (κ2) is 5.84. The Balaban J connectivity index is 2.19. The fourth-order valence-corrected chi connectivity index (χ4v) is 3.98. The van der Waals surface area contributed by atoms with Crippen molar-refractivity contribution in [3.63, 3.8) is 0 Å². The van der Waals surface area contributed by atoms with Gasteiger partial charge < -0.3 is 5.11 Å². The molecule has 1 fully saturated rings. The first-order valence-corrected chi connectivity index (χ1v) is 8.33. The third-order valence-corrected chi connectivity index (χ3v) is 5.45. The molecule has 0 radical (unpaired) electrons. The Kier molecular flexibility index (Phi) is 4.52. The average Bonchev–Trinajstić information content (AvgIpc) is 2.72. The van der Waals surface area contributed by atoms with E-state index in [4.69, 9.17) is 0 Å². The predicted octanol–water partition coefficient (Wildman–Crippen LogP) is 4.72. The molecular formula is C16H25NO2S. The number of hydrogen-bond donors (Lipinski definition) is 1. The minimum absolute atomic E-state index is 0.435. The van der Waals surface area contributed by atoms with E-state index in [1.54, 1.807) is 0 Å². The molecule has 112 valence electrons. The molecule has 0 unspecified atom stereocenters. The van der Waals surface area contributed by atoms with Gasteiger partial charge in [-0.3, -0.25) is 0 Å². The number of carboxylic acids is 1. The second-order valence-corrected chi connectivity index (χ2v) is 8.20. The SMILES string of the molecule is CC(C)Cc1nc(C2CCC(C)(C)CC2)sc1C(=O)O. The van der Waals surface area contributed by atoms with Gasteiger partial charge in [-0.1, -0.05) is 27.7 Å². The van der Waals surface area contributed by atoms with Gasteiger partial charge in [-0.15, -0.1) is 11.3 Å². The molecule has 1 aliphatic rings. The van der Waals surface area contributed by atoms with E-state index in [1.165, 1.54) is 24.2 Å². The van der Waals surface area contributed by atoms with Gasteiger partial charge in [-0.25, -0.2) is 9.78 Å². The molecule has 2 rings (SSSR count). The minimum atomic E-state index is -0.819. The first-order chi connectivity index (χ1) is 9.28. The van der Waals surface area contributed by atoms with Gasteiger partial charge in [-0.05, 0) is 43.4 Å². The van der Waals surface area contributed by atoms with Crippen LogP contribution in [0.3, 0.4) is 0 Å². The molecule has 0 atom stereocenters. The summed E-state index contributed by atoms with van der Waals surface area (Å²) < 4.78 is 0. The predicted molar refractivity (Wildman–Crippen MR) is 82.6 cm³/mol. The van der Waals surface area contributed by atoms with Gasteiger partial charge in [0.1, 0.15) is 4.88 Å². The van der Waals surface area contributed by atoms with Gasteiger partial charge >= 0.3 is 5.97 Å². The average molecular weight is 295 g/mol. The Bertz CT molecular complexity index is 481. The van der Waals surface area contributed by atoms with E-state index in [0.29, 0.717) is 22.1 Å². The van der Waals surface area contributed by atoms with Crippen molar-refractivity contribution in [3.05, 3.63) is 15.6 Å². The second-order valence-electron chi connectivity index (χ2n) is 7.17. The van der Waals surface area contributed by atoms with Crippen LogP contribution in [0.2, 0.25) is 0 Å². The molecule has 0 bridgehead atoms. The minimum Gasteiger partial charge on any atom is -0.477 e. The zero-order chi connectivity index (χ0) is 14.9. The molecule has 1 aromatic rings. The van der Waals surface area contributed by atoms with Crippen molar-refractivity contribution in [1.29, 1.82) is 0 Å². The van der Waals surface area contributed by atoms with Gasteiger partial charge in [0.05, 0.1) is 10.7 Å². The Morgan fingerprint density at radius 1 is 1.40 bits per heavy atom. The van der Waals surface area contributed by atoms with Crippen molar-refractivity contribution in [2.45, 2.75) is 65.7 Å². The number of rotatable bonds is 4. The molecule has 0 amide bonds. The highest BCUT2D eigenvalue weighted by Gasteiger charge is 2.30. The molecular weight excluding hydrogens is 270 g/mol. The first-order valence-electron chi connectivity index (χ1n) is 7.51. The van der Waals surface area contributed by atoms with E-state index in [2.05, 4.69) is 32.7 Å². The summed E-state index contributed by atoms with van der Waals surface area (Å²) in [6.45, 7) is 8.84. The lowest BCUT2D eigenvalue weighted by Crippen LogP contribution is -2.20. The normalized spacial score (nSPS) is 19.4. The highest BCUT2D eigenvalue weighted by Crippen LogP contribution is 2.43. The molecule has 1 saturated carbocycles. The fraction of sp³-hybridized carbons (Fsp3) is 0.750. The summed E-state index contributed by atoms with van der Waals surface area (Å²) in [4.78, 5) is 16.5. The topological polar surface area (TPSA) is 50.2 Å². The zero-order valence-corrected chi connectivity index (χ0v) is 13.7. The lowest BCUT2D eigenvalue weighted by atomic mass is 9.73. The van der Waals surface area contributed by atoms with Crippen LogP contribution < -0.4 is 0 Å². The molecule has 0 spiro atoms. The summed E-state index contributed by atoms with van der Waals surface area (Å²) >= 11 is 1.41. The van der Waals surface area contributed by atoms with Crippen molar-refractivity contribution in [2.24, 2.45) is 11.3 Å². The maximum absolute atomic E-state index is 11.4. The zero-order valence-electron chi connectivity index (χ0n) is 12.9. The lowest BCUT2D eigenvalue weighted by molar-refractivity contribution is 0.0700. The number of aromatic nitrogens is 1. The van der Waals surface area contributed by atoms with Crippen LogP contribution in [0.4, 0.5) is 0 Å². The number of nitrogens with zero attached hydrogens (tertiary/aromatic N) is 1. The molecule has 3 nitrogen and oxygen atoms in total. The molecule has 1 aromatic heterocycles. The monoisotopic (exact) mass is 295 g/mol. The maximum atomic E-state index is 11.4. The smallest absolute Gasteiger partial charge is 0.347 e. The van der Waals surface area contributed by atoms with E-state index < -0.39 is 5.97 Å². The van der Waals surface area contributed by atoms with Crippen LogP contribution in [0.1, 0.15) is 79.7 Å². The molecule has 1 aliphatic carbocycles. The van der Waals surface area contributed by atoms with E-state index in [1.807, 2.05) is 0 Å². The molecule has 0 aromatic carbocycles. The molecule has 4 heteroatoms. The summed E-state index contributed by atoms with van der Waals surface area (Å²) in [5.74, 6) is 0.0842. The summed E-state index contributed by atoms with van der Waals surface area (Å²) in [6.07, 6.45) is 5.45. The molecule has 20 heavy (non-hydrogen) atoms. The Hall–Kier alpha value is -0.900. The molecule has 0 aliphatic heterocycles. The van der Waals surface area contributed by atoms with E-state index in [0.717, 1.165) is 30.0 Å². The van der Waals surface area contributed by atoms with Gasteiger partial charge in [0.2, 0.25) is 0 Å². The van der Waals surface area contributed by atoms with Gasteiger partial charge in [0, 0.05) is 5.92 Å². The van der Waals surface area contributed by atoms with Crippen molar-refractivity contribution in [2.75, 3.05) is 0 Å². The number of thiazole rings is 1. The molecule has 0 saturated heterocycles. The third-order valence-electron chi connectivity index (χ3n) is 4.20. The summed E-state index contributed by atoms with van der Waals surface area (Å²) in [5, 5.41) is 10.4. The molecule has 1 heterocycles. The van der Waals surface area contributed by atoms with Crippen LogP contribution in [0.15, 0.2) is 0 Å². The van der Waals surface area contributed by atoms with Crippen LogP contribution in [0.25, 0.3) is 0 Å². The maximum Gasteiger partial charge on any atom is 0.347 e. The Morgan fingerprint density at radius 3 is 2.50 bits per heavy atom. The van der Waals surface area contributed by atoms with Crippen molar-refractivity contribution < 1.29 is 9.90 Å². The standard InChI is InChI=1S/C16H25NO2S/c1-10(2)9-12-13(15(18)19)20-14(17-12)11-5-7-16(3,4)8-6-11/h10-11H,5-9H2,1-4H3,(H,18,19). The van der Waals surface area contributed by atoms with Crippen LogP contribution in [-0.2, 0) is 6.42 Å². The number of hydrogen-bond acceptors (Lipinski definition) is 3. The van der Waals surface area contributed by atoms with Crippen LogP contribution >= 0.6 is 11.3 Å². The quantitative estimate of drug-likeness (QED) is 0.874. The first kappa shape index (κ1) is 15.5. The van der Waals surface area contributed by atoms with Crippen LogP contribution in [0.5, 0.6) is 0 Å². The van der Waals surface area contributed by atoms with Gasteiger partial charge in [0.15, 0.2) is 0 Å². The van der Waals surface area contributed by atoms with Crippen molar-refractivity contribution in [3.8, 4) is 0 Å². The lowest BCUT2D eigenvalue weighted by Gasteiger charge is -2.33. The largest absolute Gasteiger partial charge is 0.477 e. The van der Waals surface area contributed by atoms with E-state index in [-0.39, 0.29) is 0 Å². The van der Waals surface area contributed by atoms with Crippen molar-refractivity contribution >= 4 is 17.3 Å². The number of carboxylic acid groups (broad SMARTS) is 1. The van der Waals surface area contributed by atoms with Gasteiger partial charge in [0.25, 0.3) is 0 Å². The summed E-state index contributed by atoms with van der Waals surface area (Å²) in [6, 6.07) is 0. The molecule has 1 N–H and O–H groups in total. The number of carbonyl (C=O) groups is 1. The van der Waals surface area contributed by atoms with E-state index in [9.17, 15) is 9.90 Å². The van der Waals surface area contributed by atoms with Crippen LogP contribution in [-0.4, -0.2) is 16.1 Å². The third kappa shape index (κ3) is 3.60.